The van der Waals surface area contributed by atoms with Crippen molar-refractivity contribution in [1.82, 2.24) is 0 Å². The molecule has 0 aromatic rings. The van der Waals surface area contributed by atoms with Gasteiger partial charge in [-0.1, -0.05) is 73.1 Å². The Bertz CT molecular complexity index is 378. The first-order valence-electron chi connectivity index (χ1n) is 12.7. The van der Waals surface area contributed by atoms with Gasteiger partial charge in [0.1, 0.15) is 0 Å². The van der Waals surface area contributed by atoms with Crippen LogP contribution < -0.4 is 0 Å². The Labute approximate surface area is 181 Å². The van der Waals surface area contributed by atoms with E-state index in [0.717, 1.165) is 41.4 Å². The lowest BCUT2D eigenvalue weighted by Crippen LogP contribution is -2.30. The van der Waals surface area contributed by atoms with Crippen molar-refractivity contribution < 1.29 is 8.33 Å². The van der Waals surface area contributed by atoms with E-state index >= 15 is 0 Å². The maximum Gasteiger partial charge on any atom is 0 e. The van der Waals surface area contributed by atoms with Crippen LogP contribution in [-0.4, -0.2) is 5.48 Å². The Morgan fingerprint density at radius 2 is 1.00 bits per heavy atom. The zero-order valence-electron chi connectivity index (χ0n) is 18.9. The number of hydrogen-bond acceptors (Lipinski definition) is 0. The summed E-state index contributed by atoms with van der Waals surface area (Å²) in [6, 6.07) is 0. The molecule has 3 rings (SSSR count). The van der Waals surface area contributed by atoms with Crippen LogP contribution in [0.4, 0.5) is 0 Å². The number of rotatable bonds is 7. The first-order valence-corrected chi connectivity index (χ1v) is 12.7. The molecule has 172 valence electrons. The molecule has 28 heavy (non-hydrogen) atoms. The highest BCUT2D eigenvalue weighted by Gasteiger charge is 2.34. The molecule has 3 aliphatic carbocycles. The Balaban J connectivity index is 0. The van der Waals surface area contributed by atoms with E-state index in [1.807, 2.05) is 0 Å². The topological polar surface area (TPSA) is 31.5 Å². The Kier molecular flexibility index (Phi) is 12.3. The molecule has 0 radical (unpaired) electrons. The zero-order chi connectivity index (χ0) is 18.4. The van der Waals surface area contributed by atoms with E-state index < -0.39 is 0 Å². The van der Waals surface area contributed by atoms with Crippen LogP contribution in [0.2, 0.25) is 0 Å². The van der Waals surface area contributed by atoms with Gasteiger partial charge < -0.3 is 5.48 Å². The molecule has 0 spiro atoms. The predicted octanol–water partition coefficient (Wildman–Crippen LogP) is 8.95. The highest BCUT2D eigenvalue weighted by molar-refractivity contribution is 4.86. The second kappa shape index (κ2) is 13.3. The van der Waals surface area contributed by atoms with Crippen LogP contribution in [0.25, 0.3) is 0 Å². The summed E-state index contributed by atoms with van der Waals surface area (Å²) in [6.07, 6.45) is 24.6. The molecule has 1 atom stereocenters. The highest BCUT2D eigenvalue weighted by Crippen LogP contribution is 2.46. The van der Waals surface area contributed by atoms with Gasteiger partial charge in [0.25, 0.3) is 0 Å². The first kappa shape index (κ1) is 26.0. The molecule has 0 amide bonds. The summed E-state index contributed by atoms with van der Waals surface area (Å²) in [4.78, 5) is 0. The van der Waals surface area contributed by atoms with Crippen LogP contribution in [0.5, 0.6) is 0 Å². The van der Waals surface area contributed by atoms with Crippen LogP contribution >= 0.6 is 0 Å². The van der Waals surface area contributed by atoms with E-state index in [9.17, 15) is 0 Å². The molecular weight excluding hydrogens is 340 g/mol. The van der Waals surface area contributed by atoms with Crippen LogP contribution in [0.15, 0.2) is 0 Å². The van der Waals surface area contributed by atoms with Crippen molar-refractivity contribution in [1.29, 1.82) is 0 Å². The van der Waals surface area contributed by atoms with Crippen molar-refractivity contribution in [3.63, 3.8) is 0 Å². The average molecular weight is 399 g/mol. The van der Waals surface area contributed by atoms with Gasteiger partial charge >= 0.3 is 0 Å². The largest absolute Gasteiger partial charge is 0.412 e. The standard InChI is InChI=1S/C26H48.CH4.H2O.2H2/c1-4-6-21-7-11-23(12-8-21)25-15-17-26(18-16-25)24-13-9-22(10-14-24)19-20(3)5-2;;;;/h20-26H,4-19H2,1-3H3;1H4;1H2;2*1H. The predicted molar refractivity (Wildman–Crippen MR) is 130 cm³/mol. The van der Waals surface area contributed by atoms with Gasteiger partial charge in [0.05, 0.1) is 0 Å². The molecule has 0 heterocycles. The van der Waals surface area contributed by atoms with Crippen LogP contribution in [-0.2, 0) is 0 Å². The lowest BCUT2D eigenvalue weighted by atomic mass is 9.64. The second-order valence-corrected chi connectivity index (χ2v) is 10.8. The van der Waals surface area contributed by atoms with E-state index in [4.69, 9.17) is 0 Å². The Morgan fingerprint density at radius 1 is 0.643 bits per heavy atom. The van der Waals surface area contributed by atoms with Gasteiger partial charge in [-0.2, -0.15) is 0 Å². The maximum atomic E-state index is 2.46. The van der Waals surface area contributed by atoms with Crippen molar-refractivity contribution in [3.8, 4) is 0 Å². The summed E-state index contributed by atoms with van der Waals surface area (Å²) < 4.78 is 0. The summed E-state index contributed by atoms with van der Waals surface area (Å²) in [6.45, 7) is 7.19. The smallest absolute Gasteiger partial charge is 0 e. The third-order valence-corrected chi connectivity index (χ3v) is 9.06. The minimum atomic E-state index is 0. The van der Waals surface area contributed by atoms with Gasteiger partial charge in [0.2, 0.25) is 0 Å². The molecule has 0 aliphatic heterocycles. The van der Waals surface area contributed by atoms with Crippen LogP contribution in [0.1, 0.15) is 134 Å². The van der Waals surface area contributed by atoms with E-state index in [0.29, 0.717) is 0 Å². The lowest BCUT2D eigenvalue weighted by Gasteiger charge is -2.41. The fourth-order valence-electron chi connectivity index (χ4n) is 7.08. The van der Waals surface area contributed by atoms with Crippen molar-refractivity contribution in [2.45, 2.75) is 131 Å². The lowest BCUT2D eigenvalue weighted by molar-refractivity contribution is 0.100. The minimum Gasteiger partial charge on any atom is -0.412 e. The molecule has 2 N–H and O–H groups in total. The van der Waals surface area contributed by atoms with Crippen molar-refractivity contribution in [2.75, 3.05) is 0 Å². The second-order valence-electron chi connectivity index (χ2n) is 10.8. The summed E-state index contributed by atoms with van der Waals surface area (Å²) in [7, 11) is 0. The molecule has 1 nitrogen and oxygen atoms in total. The third-order valence-electron chi connectivity index (χ3n) is 9.06. The zero-order valence-corrected chi connectivity index (χ0v) is 18.9. The molecule has 0 aromatic heterocycles. The summed E-state index contributed by atoms with van der Waals surface area (Å²) >= 11 is 0. The molecule has 1 heteroatoms. The quantitative estimate of drug-likeness (QED) is 0.410. The van der Waals surface area contributed by atoms with Gasteiger partial charge in [-0.25, -0.2) is 0 Å². The molecule has 3 aliphatic rings. The fourth-order valence-corrected chi connectivity index (χ4v) is 7.08. The monoisotopic (exact) mass is 398 g/mol. The maximum absolute atomic E-state index is 2.46. The molecule has 3 fully saturated rings. The first-order chi connectivity index (χ1) is 12.7. The summed E-state index contributed by atoms with van der Waals surface area (Å²) in [5.41, 5.74) is 0. The van der Waals surface area contributed by atoms with Gasteiger partial charge in [0.15, 0.2) is 0 Å². The normalized spacial score (nSPS) is 37.4. The number of hydrogen-bond donors (Lipinski definition) is 0. The molecule has 0 bridgehead atoms. The minimum absolute atomic E-state index is 0. The van der Waals surface area contributed by atoms with Crippen LogP contribution in [0.3, 0.4) is 0 Å². The van der Waals surface area contributed by atoms with E-state index in [1.54, 1.807) is 77.0 Å². The molecule has 0 saturated heterocycles. The SMILES string of the molecule is C.CCCC1CCC(C2CCC(C3CCC(CC(C)CC)CC3)CC2)CC1.O.[HH].[HH]. The highest BCUT2D eigenvalue weighted by atomic mass is 16.0. The van der Waals surface area contributed by atoms with Crippen LogP contribution in [0, 0.1) is 41.4 Å². The van der Waals surface area contributed by atoms with Crippen molar-refractivity contribution in [3.05, 3.63) is 0 Å². The van der Waals surface area contributed by atoms with Gasteiger partial charge in [-0.05, 0) is 99.2 Å². The van der Waals surface area contributed by atoms with Crippen molar-refractivity contribution >= 4 is 0 Å². The van der Waals surface area contributed by atoms with Gasteiger partial charge in [-0.15, -0.1) is 0 Å². The van der Waals surface area contributed by atoms with E-state index in [2.05, 4.69) is 20.8 Å². The molecule has 1 unspecified atom stereocenters. The molecular formula is C27H58O. The van der Waals surface area contributed by atoms with E-state index in [-0.39, 0.29) is 15.8 Å². The fraction of sp³-hybridized carbons (Fsp3) is 1.00. The average Bonchev–Trinajstić information content (AvgIpc) is 2.69. The third kappa shape index (κ3) is 7.33. The van der Waals surface area contributed by atoms with Gasteiger partial charge in [0, 0.05) is 2.85 Å². The van der Waals surface area contributed by atoms with E-state index in [1.165, 1.54) is 25.7 Å². The van der Waals surface area contributed by atoms with Crippen molar-refractivity contribution in [2.24, 2.45) is 41.4 Å². The Hall–Kier alpha value is -0.0400. The Morgan fingerprint density at radius 3 is 1.36 bits per heavy atom. The summed E-state index contributed by atoms with van der Waals surface area (Å²) in [5.74, 6) is 7.52. The molecule has 0 aromatic carbocycles. The van der Waals surface area contributed by atoms with Gasteiger partial charge in [-0.3, -0.25) is 0 Å². The molecule has 3 saturated carbocycles. The summed E-state index contributed by atoms with van der Waals surface area (Å²) in [5, 5.41) is 0.